The molecule has 1 heterocycles. The molecule has 128 valence electrons. The normalized spacial score (nSPS) is 26.3. The van der Waals surface area contributed by atoms with Crippen LogP contribution in [0.25, 0.3) is 0 Å². The highest BCUT2D eigenvalue weighted by Gasteiger charge is 2.57. The molecule has 2 N–H and O–H groups in total. The lowest BCUT2D eigenvalue weighted by atomic mass is 9.56. The van der Waals surface area contributed by atoms with Gasteiger partial charge in [-0.1, -0.05) is 13.8 Å². The maximum absolute atomic E-state index is 5.66. The second-order valence-electron chi connectivity index (χ2n) is 6.59. The van der Waals surface area contributed by atoms with Crippen LogP contribution in [0, 0.1) is 5.41 Å². The first-order valence-electron chi connectivity index (χ1n) is 7.98. The minimum atomic E-state index is -0.0903. The summed E-state index contributed by atoms with van der Waals surface area (Å²) in [5, 5.41) is 6.75. The summed E-state index contributed by atoms with van der Waals surface area (Å²) in [7, 11) is 3.55. The van der Waals surface area contributed by atoms with E-state index in [-0.39, 0.29) is 11.0 Å². The molecule has 0 bridgehead atoms. The standard InChI is InChI=1S/C17H28N4O2/c1-16(2)14(11-17(16,3)22-5)21-15(18-4)20-9-10-23-13-7-6-8-19-12-13/h6-8,12,14H,9-11H2,1-5H3,(H2,18,20,21). The molecular formula is C17H28N4O2. The van der Waals surface area contributed by atoms with Gasteiger partial charge in [0, 0.05) is 31.8 Å². The Morgan fingerprint density at radius 1 is 1.43 bits per heavy atom. The monoisotopic (exact) mass is 320 g/mol. The molecule has 1 aromatic rings. The molecule has 0 amide bonds. The number of guanidine groups is 1. The Bertz CT molecular complexity index is 533. The molecule has 1 aliphatic rings. The number of methoxy groups -OCH3 is 1. The first kappa shape index (κ1) is 17.5. The van der Waals surface area contributed by atoms with E-state index < -0.39 is 0 Å². The van der Waals surface area contributed by atoms with E-state index in [1.165, 1.54) is 0 Å². The Balaban J connectivity index is 1.75. The lowest BCUT2D eigenvalue weighted by molar-refractivity contribution is -0.176. The Labute approximate surface area is 138 Å². The van der Waals surface area contributed by atoms with Crippen molar-refractivity contribution in [2.75, 3.05) is 27.3 Å². The topological polar surface area (TPSA) is 67.8 Å². The van der Waals surface area contributed by atoms with Crippen LogP contribution in [-0.2, 0) is 4.74 Å². The average Bonchev–Trinajstić information content (AvgIpc) is 2.57. The number of nitrogens with zero attached hydrogens (tertiary/aromatic N) is 2. The van der Waals surface area contributed by atoms with E-state index in [4.69, 9.17) is 9.47 Å². The zero-order chi connectivity index (χ0) is 16.9. The predicted molar refractivity (Wildman–Crippen MR) is 91.8 cm³/mol. The van der Waals surface area contributed by atoms with Gasteiger partial charge in [0.1, 0.15) is 12.4 Å². The Morgan fingerprint density at radius 3 is 2.78 bits per heavy atom. The summed E-state index contributed by atoms with van der Waals surface area (Å²) < 4.78 is 11.3. The van der Waals surface area contributed by atoms with E-state index in [9.17, 15) is 0 Å². The van der Waals surface area contributed by atoms with Gasteiger partial charge in [-0.05, 0) is 25.5 Å². The van der Waals surface area contributed by atoms with Crippen LogP contribution in [0.1, 0.15) is 27.2 Å². The molecule has 0 radical (unpaired) electrons. The lowest BCUT2D eigenvalue weighted by Crippen LogP contribution is -2.69. The van der Waals surface area contributed by atoms with E-state index >= 15 is 0 Å². The van der Waals surface area contributed by atoms with Crippen LogP contribution in [-0.4, -0.2) is 49.9 Å². The van der Waals surface area contributed by atoms with Gasteiger partial charge in [0.2, 0.25) is 0 Å². The predicted octanol–water partition coefficient (Wildman–Crippen LogP) is 1.83. The maximum atomic E-state index is 5.66. The summed E-state index contributed by atoms with van der Waals surface area (Å²) in [6.07, 6.45) is 4.39. The van der Waals surface area contributed by atoms with Crippen molar-refractivity contribution in [2.45, 2.75) is 38.8 Å². The Hall–Kier alpha value is -1.82. The lowest BCUT2D eigenvalue weighted by Gasteiger charge is -2.59. The molecule has 0 aliphatic heterocycles. The van der Waals surface area contributed by atoms with Crippen LogP contribution in [0.3, 0.4) is 0 Å². The summed E-state index contributed by atoms with van der Waals surface area (Å²) in [4.78, 5) is 8.30. The number of aromatic nitrogens is 1. The fourth-order valence-electron chi connectivity index (χ4n) is 2.85. The fraction of sp³-hybridized carbons (Fsp3) is 0.647. The zero-order valence-corrected chi connectivity index (χ0v) is 14.7. The largest absolute Gasteiger partial charge is 0.490 e. The Kier molecular flexibility index (Phi) is 5.46. The quantitative estimate of drug-likeness (QED) is 0.475. The van der Waals surface area contributed by atoms with E-state index in [0.29, 0.717) is 19.2 Å². The molecule has 1 fully saturated rings. The molecule has 1 saturated carbocycles. The van der Waals surface area contributed by atoms with E-state index in [2.05, 4.69) is 41.4 Å². The number of ether oxygens (including phenoxy) is 2. The third-order valence-electron chi connectivity index (χ3n) is 5.11. The summed E-state index contributed by atoms with van der Waals surface area (Å²) in [5.41, 5.74) is -0.0431. The molecule has 1 aromatic heterocycles. The molecule has 0 aromatic carbocycles. The van der Waals surface area contributed by atoms with Crippen molar-refractivity contribution < 1.29 is 9.47 Å². The van der Waals surface area contributed by atoms with Gasteiger partial charge in [0.15, 0.2) is 5.96 Å². The molecule has 6 nitrogen and oxygen atoms in total. The fourth-order valence-corrected chi connectivity index (χ4v) is 2.85. The first-order valence-corrected chi connectivity index (χ1v) is 7.98. The van der Waals surface area contributed by atoms with Crippen molar-refractivity contribution >= 4 is 5.96 Å². The van der Waals surface area contributed by atoms with E-state index in [1.807, 2.05) is 12.1 Å². The number of hydrogen-bond donors (Lipinski definition) is 2. The van der Waals surface area contributed by atoms with Gasteiger partial charge in [0.25, 0.3) is 0 Å². The molecule has 1 aliphatic carbocycles. The average molecular weight is 320 g/mol. The Morgan fingerprint density at radius 2 is 2.22 bits per heavy atom. The van der Waals surface area contributed by atoms with E-state index in [0.717, 1.165) is 18.1 Å². The van der Waals surface area contributed by atoms with Crippen LogP contribution in [0.4, 0.5) is 0 Å². The van der Waals surface area contributed by atoms with Gasteiger partial charge in [-0.2, -0.15) is 0 Å². The van der Waals surface area contributed by atoms with Crippen molar-refractivity contribution in [3.8, 4) is 5.75 Å². The minimum absolute atomic E-state index is 0.0472. The van der Waals surface area contributed by atoms with Crippen molar-refractivity contribution in [2.24, 2.45) is 10.4 Å². The molecular weight excluding hydrogens is 292 g/mol. The van der Waals surface area contributed by atoms with E-state index in [1.54, 1.807) is 26.6 Å². The maximum Gasteiger partial charge on any atom is 0.191 e. The number of nitrogens with one attached hydrogen (secondary N) is 2. The molecule has 23 heavy (non-hydrogen) atoms. The van der Waals surface area contributed by atoms with Gasteiger partial charge in [-0.15, -0.1) is 0 Å². The smallest absolute Gasteiger partial charge is 0.191 e. The molecule has 2 atom stereocenters. The molecule has 2 rings (SSSR count). The number of rotatable bonds is 6. The minimum Gasteiger partial charge on any atom is -0.490 e. The van der Waals surface area contributed by atoms with Crippen LogP contribution in [0.5, 0.6) is 5.75 Å². The van der Waals surface area contributed by atoms with Gasteiger partial charge in [0.05, 0.1) is 18.3 Å². The van der Waals surface area contributed by atoms with Gasteiger partial charge >= 0.3 is 0 Å². The first-order chi connectivity index (χ1) is 10.9. The second-order valence-corrected chi connectivity index (χ2v) is 6.59. The van der Waals surface area contributed by atoms with Crippen molar-refractivity contribution in [3.63, 3.8) is 0 Å². The second kappa shape index (κ2) is 7.17. The van der Waals surface area contributed by atoms with Gasteiger partial charge < -0.3 is 20.1 Å². The molecule has 6 heteroatoms. The van der Waals surface area contributed by atoms with Crippen LogP contribution in [0.2, 0.25) is 0 Å². The third-order valence-corrected chi connectivity index (χ3v) is 5.11. The molecule has 2 unspecified atom stereocenters. The summed E-state index contributed by atoms with van der Waals surface area (Å²) >= 11 is 0. The number of pyridine rings is 1. The highest BCUT2D eigenvalue weighted by atomic mass is 16.5. The summed E-state index contributed by atoms with van der Waals surface area (Å²) in [5.74, 6) is 1.56. The summed E-state index contributed by atoms with van der Waals surface area (Å²) in [6.45, 7) is 7.82. The van der Waals surface area contributed by atoms with Crippen LogP contribution >= 0.6 is 0 Å². The number of hydrogen-bond acceptors (Lipinski definition) is 4. The van der Waals surface area contributed by atoms with Crippen LogP contribution < -0.4 is 15.4 Å². The van der Waals surface area contributed by atoms with Gasteiger partial charge in [-0.25, -0.2) is 0 Å². The number of aliphatic imine (C=N–C) groups is 1. The SMILES string of the molecule is CN=C(NCCOc1cccnc1)NC1CC(C)(OC)C1(C)C. The highest BCUT2D eigenvalue weighted by molar-refractivity contribution is 5.80. The summed E-state index contributed by atoms with van der Waals surface area (Å²) in [6, 6.07) is 4.08. The van der Waals surface area contributed by atoms with Crippen molar-refractivity contribution in [3.05, 3.63) is 24.5 Å². The highest BCUT2D eigenvalue weighted by Crippen LogP contribution is 2.51. The van der Waals surface area contributed by atoms with Crippen LogP contribution in [0.15, 0.2) is 29.5 Å². The zero-order valence-electron chi connectivity index (χ0n) is 14.7. The van der Waals surface area contributed by atoms with Crippen molar-refractivity contribution in [1.29, 1.82) is 0 Å². The third kappa shape index (κ3) is 3.75. The molecule has 0 saturated heterocycles. The van der Waals surface area contributed by atoms with Gasteiger partial charge in [-0.3, -0.25) is 9.98 Å². The van der Waals surface area contributed by atoms with Crippen molar-refractivity contribution in [1.82, 2.24) is 15.6 Å². The molecule has 0 spiro atoms.